The van der Waals surface area contributed by atoms with Crippen LogP contribution in [0.15, 0.2) is 12.2 Å². The van der Waals surface area contributed by atoms with Crippen LogP contribution in [0.2, 0.25) is 0 Å². The quantitative estimate of drug-likeness (QED) is 0.546. The summed E-state index contributed by atoms with van der Waals surface area (Å²) in [6, 6.07) is -1.37. The van der Waals surface area contributed by atoms with Gasteiger partial charge in [-0.25, -0.2) is 4.79 Å². The minimum Gasteiger partial charge on any atom is -0.481 e. The number of aliphatic carboxylic acids is 2. The highest BCUT2D eigenvalue weighted by Gasteiger charge is 2.22. The van der Waals surface area contributed by atoms with Gasteiger partial charge in [0.25, 0.3) is 0 Å². The van der Waals surface area contributed by atoms with Crippen molar-refractivity contribution in [3.8, 4) is 0 Å². The zero-order chi connectivity index (χ0) is 13.3. The number of hydrogen-bond acceptors (Lipinski definition) is 3. The number of carbonyl (C=O) groups excluding carboxylic acids is 1. The van der Waals surface area contributed by atoms with E-state index in [1.807, 2.05) is 19.1 Å². The second-order valence-corrected chi connectivity index (χ2v) is 3.47. The molecule has 0 saturated heterocycles. The van der Waals surface area contributed by atoms with E-state index in [2.05, 4.69) is 5.32 Å². The van der Waals surface area contributed by atoms with Crippen molar-refractivity contribution in [1.29, 1.82) is 0 Å². The van der Waals surface area contributed by atoms with Crippen molar-refractivity contribution >= 4 is 17.8 Å². The normalized spacial score (nSPS) is 12.3. The first kappa shape index (κ1) is 15.2. The molecule has 6 heteroatoms. The lowest BCUT2D eigenvalue weighted by Crippen LogP contribution is -2.42. The van der Waals surface area contributed by atoms with Gasteiger partial charge in [-0.15, -0.1) is 0 Å². The van der Waals surface area contributed by atoms with Gasteiger partial charge in [-0.05, 0) is 12.8 Å². The number of hydrogen-bond donors (Lipinski definition) is 3. The van der Waals surface area contributed by atoms with Crippen molar-refractivity contribution in [2.24, 2.45) is 0 Å². The van der Waals surface area contributed by atoms with Gasteiger partial charge in [0, 0.05) is 6.42 Å². The van der Waals surface area contributed by atoms with Crippen LogP contribution in [0.4, 0.5) is 0 Å². The number of carboxylic acid groups (broad SMARTS) is 2. The highest BCUT2D eigenvalue weighted by Crippen LogP contribution is 1.97. The van der Waals surface area contributed by atoms with E-state index < -0.39 is 30.3 Å². The molecule has 0 radical (unpaired) electrons. The maximum absolute atomic E-state index is 11.3. The molecule has 0 aromatic heterocycles. The summed E-state index contributed by atoms with van der Waals surface area (Å²) in [5.74, 6) is -3.06. The van der Waals surface area contributed by atoms with E-state index in [1.54, 1.807) is 0 Å². The van der Waals surface area contributed by atoms with Gasteiger partial charge in [-0.3, -0.25) is 9.59 Å². The zero-order valence-corrected chi connectivity index (χ0v) is 9.68. The lowest BCUT2D eigenvalue weighted by atomic mass is 10.2. The smallest absolute Gasteiger partial charge is 0.326 e. The molecule has 0 rings (SSSR count). The first-order valence-corrected chi connectivity index (χ1v) is 5.36. The minimum absolute atomic E-state index is 0.153. The van der Waals surface area contributed by atoms with E-state index in [0.29, 0.717) is 6.42 Å². The summed E-state index contributed by atoms with van der Waals surface area (Å²) in [6.45, 7) is 1.96. The Bertz CT molecular complexity index is 311. The summed E-state index contributed by atoms with van der Waals surface area (Å²) in [6.07, 6.45) is 4.65. The minimum atomic E-state index is -1.37. The molecule has 0 bridgehead atoms. The number of rotatable bonds is 8. The van der Waals surface area contributed by atoms with Gasteiger partial charge in [0.05, 0.1) is 6.42 Å². The summed E-state index contributed by atoms with van der Waals surface area (Å²) >= 11 is 0. The average molecular weight is 243 g/mol. The van der Waals surface area contributed by atoms with Crippen LogP contribution in [0.1, 0.15) is 32.6 Å². The molecule has 1 atom stereocenters. The number of allylic oxidation sites excluding steroid dienone is 2. The summed E-state index contributed by atoms with van der Waals surface area (Å²) in [5, 5.41) is 19.3. The second-order valence-electron chi connectivity index (χ2n) is 3.47. The van der Waals surface area contributed by atoms with Gasteiger partial charge >= 0.3 is 11.9 Å². The van der Waals surface area contributed by atoms with Crippen molar-refractivity contribution < 1.29 is 24.6 Å². The molecule has 0 aromatic carbocycles. The van der Waals surface area contributed by atoms with Crippen LogP contribution in [-0.4, -0.2) is 34.1 Å². The average Bonchev–Trinajstić information content (AvgIpc) is 2.22. The third-order valence-corrected chi connectivity index (χ3v) is 1.95. The van der Waals surface area contributed by atoms with E-state index >= 15 is 0 Å². The van der Waals surface area contributed by atoms with E-state index in [4.69, 9.17) is 10.2 Å². The van der Waals surface area contributed by atoms with Crippen LogP contribution < -0.4 is 5.32 Å². The Morgan fingerprint density at radius 1 is 1.24 bits per heavy atom. The molecule has 0 heterocycles. The molecule has 0 aliphatic heterocycles. The van der Waals surface area contributed by atoms with Gasteiger partial charge < -0.3 is 15.5 Å². The van der Waals surface area contributed by atoms with E-state index in [0.717, 1.165) is 6.42 Å². The predicted octanol–water partition coefficient (Wildman–Crippen LogP) is 0.777. The zero-order valence-electron chi connectivity index (χ0n) is 9.68. The Labute approximate surface area is 99.3 Å². The predicted molar refractivity (Wildman–Crippen MR) is 60.5 cm³/mol. The number of carboxylic acids is 2. The molecular formula is C11H17NO5. The summed E-state index contributed by atoms with van der Waals surface area (Å²) < 4.78 is 0. The molecule has 17 heavy (non-hydrogen) atoms. The van der Waals surface area contributed by atoms with Gasteiger partial charge in [-0.2, -0.15) is 0 Å². The molecule has 0 aromatic rings. The Morgan fingerprint density at radius 2 is 1.88 bits per heavy atom. The molecule has 6 nitrogen and oxygen atoms in total. The Kier molecular flexibility index (Phi) is 7.41. The van der Waals surface area contributed by atoms with Gasteiger partial charge in [0.2, 0.25) is 5.91 Å². The van der Waals surface area contributed by atoms with Crippen LogP contribution in [0.25, 0.3) is 0 Å². The maximum Gasteiger partial charge on any atom is 0.326 e. The van der Waals surface area contributed by atoms with Crippen LogP contribution in [0.3, 0.4) is 0 Å². The van der Waals surface area contributed by atoms with Crippen molar-refractivity contribution in [2.45, 2.75) is 38.6 Å². The lowest BCUT2D eigenvalue weighted by molar-refractivity contribution is -0.147. The van der Waals surface area contributed by atoms with E-state index in [-0.39, 0.29) is 6.42 Å². The molecule has 1 unspecified atom stereocenters. The molecule has 3 N–H and O–H groups in total. The Hall–Kier alpha value is -1.85. The van der Waals surface area contributed by atoms with Crippen LogP contribution in [0.5, 0.6) is 0 Å². The molecule has 0 fully saturated rings. The monoisotopic (exact) mass is 243 g/mol. The SMILES string of the molecule is CC/C=C\CCC(=O)NC(CC(=O)O)C(=O)O. The second kappa shape index (κ2) is 8.32. The number of nitrogens with one attached hydrogen (secondary N) is 1. The molecule has 0 aliphatic rings. The van der Waals surface area contributed by atoms with Crippen LogP contribution >= 0.6 is 0 Å². The number of amides is 1. The van der Waals surface area contributed by atoms with Crippen molar-refractivity contribution in [1.82, 2.24) is 5.32 Å². The van der Waals surface area contributed by atoms with Gasteiger partial charge in [-0.1, -0.05) is 19.1 Å². The van der Waals surface area contributed by atoms with Gasteiger partial charge in [0.1, 0.15) is 6.04 Å². The van der Waals surface area contributed by atoms with Gasteiger partial charge in [0.15, 0.2) is 0 Å². The topological polar surface area (TPSA) is 104 Å². The Morgan fingerprint density at radius 3 is 2.35 bits per heavy atom. The fourth-order valence-corrected chi connectivity index (χ4v) is 1.14. The standard InChI is InChI=1S/C11H17NO5/c1-2-3-4-5-6-9(13)12-8(11(16)17)7-10(14)15/h3-4,8H,2,5-7H2,1H3,(H,12,13)(H,14,15)(H,16,17)/b4-3-. The summed E-state index contributed by atoms with van der Waals surface area (Å²) in [7, 11) is 0. The van der Waals surface area contributed by atoms with Crippen LogP contribution in [-0.2, 0) is 14.4 Å². The number of carbonyl (C=O) groups is 3. The van der Waals surface area contributed by atoms with Crippen molar-refractivity contribution in [3.05, 3.63) is 12.2 Å². The third kappa shape index (κ3) is 8.01. The van der Waals surface area contributed by atoms with E-state index in [1.165, 1.54) is 0 Å². The highest BCUT2D eigenvalue weighted by molar-refractivity contribution is 5.86. The molecule has 96 valence electrons. The van der Waals surface area contributed by atoms with Crippen molar-refractivity contribution in [2.75, 3.05) is 0 Å². The van der Waals surface area contributed by atoms with Crippen LogP contribution in [0, 0.1) is 0 Å². The molecule has 1 amide bonds. The molecule has 0 aliphatic carbocycles. The first-order chi connectivity index (χ1) is 7.97. The largest absolute Gasteiger partial charge is 0.481 e. The fourth-order valence-electron chi connectivity index (χ4n) is 1.14. The molecular weight excluding hydrogens is 226 g/mol. The fraction of sp³-hybridized carbons (Fsp3) is 0.545. The molecule has 0 spiro atoms. The van der Waals surface area contributed by atoms with E-state index in [9.17, 15) is 14.4 Å². The highest BCUT2D eigenvalue weighted by atomic mass is 16.4. The molecule has 0 saturated carbocycles. The Balaban J connectivity index is 4.08. The van der Waals surface area contributed by atoms with Crippen molar-refractivity contribution in [3.63, 3.8) is 0 Å². The third-order valence-electron chi connectivity index (χ3n) is 1.95. The lowest BCUT2D eigenvalue weighted by Gasteiger charge is -2.11. The first-order valence-electron chi connectivity index (χ1n) is 5.36. The summed E-state index contributed by atoms with van der Waals surface area (Å²) in [4.78, 5) is 32.3. The summed E-state index contributed by atoms with van der Waals surface area (Å²) in [5.41, 5.74) is 0. The maximum atomic E-state index is 11.3.